The van der Waals surface area contributed by atoms with Gasteiger partial charge in [0.2, 0.25) is 4.33 Å². The topological polar surface area (TPSA) is 57.2 Å². The van der Waals surface area contributed by atoms with Gasteiger partial charge in [-0.1, -0.05) is 41.0 Å². The number of β-lactam (4-membered cyclic amide) rings is 1. The molecule has 0 aliphatic carbocycles. The van der Waals surface area contributed by atoms with E-state index in [2.05, 4.69) is 0 Å². The number of ether oxygens (including phenoxy) is 4. The second-order valence-corrected chi connectivity index (χ2v) is 9.16. The van der Waals surface area contributed by atoms with Crippen molar-refractivity contribution in [3.63, 3.8) is 0 Å². The number of hydrogen-bond acceptors (Lipinski definition) is 6. The molecule has 1 saturated heterocycles. The molecule has 1 fully saturated rings. The van der Waals surface area contributed by atoms with Crippen molar-refractivity contribution < 1.29 is 23.7 Å². The summed E-state index contributed by atoms with van der Waals surface area (Å²) in [6.07, 6.45) is 0. The summed E-state index contributed by atoms with van der Waals surface area (Å²) in [7, 11) is 6.27. The van der Waals surface area contributed by atoms with Crippen LogP contribution in [0.25, 0.3) is 0 Å². The van der Waals surface area contributed by atoms with Crippen molar-refractivity contribution >= 4 is 40.9 Å². The van der Waals surface area contributed by atoms with Gasteiger partial charge >= 0.3 is 0 Å². The quantitative estimate of drug-likeness (QED) is 0.497. The molecule has 2 aliphatic heterocycles. The molecule has 29 heavy (non-hydrogen) atoms. The molecule has 4 rings (SSSR count). The van der Waals surface area contributed by atoms with E-state index in [0.29, 0.717) is 29.5 Å². The van der Waals surface area contributed by atoms with Crippen molar-refractivity contribution in [2.45, 2.75) is 20.6 Å². The minimum absolute atomic E-state index is 0.344. The van der Waals surface area contributed by atoms with E-state index >= 15 is 0 Å². The Balaban J connectivity index is 1.88. The number of halogens is 2. The van der Waals surface area contributed by atoms with E-state index in [0.717, 1.165) is 16.0 Å². The first kappa shape index (κ1) is 20.3. The zero-order chi connectivity index (χ0) is 21.0. The maximum Gasteiger partial charge on any atom is 0.264 e. The van der Waals surface area contributed by atoms with Crippen LogP contribution in [-0.2, 0) is 16.2 Å². The van der Waals surface area contributed by atoms with E-state index in [9.17, 15) is 4.79 Å². The van der Waals surface area contributed by atoms with Crippen molar-refractivity contribution in [1.82, 2.24) is 4.90 Å². The third-order valence-corrected chi connectivity index (χ3v) is 8.00. The molecule has 2 aromatic carbocycles. The molecule has 0 spiro atoms. The first-order chi connectivity index (χ1) is 13.8. The van der Waals surface area contributed by atoms with E-state index < -0.39 is 9.20 Å². The molecule has 154 valence electrons. The Morgan fingerprint density at radius 1 is 0.897 bits per heavy atom. The van der Waals surface area contributed by atoms with Crippen molar-refractivity contribution in [1.29, 1.82) is 0 Å². The van der Waals surface area contributed by atoms with Gasteiger partial charge in [-0.2, -0.15) is 0 Å². The Labute approximate surface area is 183 Å². The summed E-state index contributed by atoms with van der Waals surface area (Å²) in [5, 5.41) is 0. The highest BCUT2D eigenvalue weighted by molar-refractivity contribution is 8.00. The van der Waals surface area contributed by atoms with Crippen LogP contribution in [0.3, 0.4) is 0 Å². The fourth-order valence-electron chi connectivity index (χ4n) is 3.77. The third-order valence-electron chi connectivity index (χ3n) is 5.25. The molecule has 0 saturated carbocycles. The molecule has 1 amide bonds. The van der Waals surface area contributed by atoms with Gasteiger partial charge < -0.3 is 23.8 Å². The summed E-state index contributed by atoms with van der Waals surface area (Å²) in [6, 6.07) is 9.18. The third kappa shape index (κ3) is 2.67. The summed E-state index contributed by atoms with van der Waals surface area (Å²) in [6.45, 7) is 0.344. The van der Waals surface area contributed by atoms with E-state index in [4.69, 9.17) is 42.1 Å². The highest BCUT2D eigenvalue weighted by Gasteiger charge is 2.73. The van der Waals surface area contributed by atoms with Crippen LogP contribution in [0.15, 0.2) is 35.2 Å². The average Bonchev–Trinajstić information content (AvgIpc) is 2.75. The SMILES string of the molecule is COc1ccc(C23Sc4cc(OC)c(OC)cc4CN2C(=O)C3(Cl)Cl)cc1OC. The molecule has 0 radical (unpaired) electrons. The summed E-state index contributed by atoms with van der Waals surface area (Å²) in [5.74, 6) is 1.95. The van der Waals surface area contributed by atoms with Crippen molar-refractivity contribution in [3.05, 3.63) is 41.5 Å². The van der Waals surface area contributed by atoms with Crippen LogP contribution < -0.4 is 18.9 Å². The Morgan fingerprint density at radius 2 is 1.48 bits per heavy atom. The Morgan fingerprint density at radius 3 is 2.10 bits per heavy atom. The molecule has 2 heterocycles. The normalized spacial score (nSPS) is 21.6. The lowest BCUT2D eigenvalue weighted by Crippen LogP contribution is -2.74. The number of fused-ring (bicyclic) bond motifs is 2. The number of hydrogen-bond donors (Lipinski definition) is 0. The molecule has 0 bridgehead atoms. The van der Waals surface area contributed by atoms with Gasteiger partial charge in [0.15, 0.2) is 27.9 Å². The molecular weight excluding hydrogens is 437 g/mol. The minimum atomic E-state index is -1.64. The van der Waals surface area contributed by atoms with Crippen LogP contribution >= 0.6 is 35.0 Å². The number of rotatable bonds is 5. The van der Waals surface area contributed by atoms with Gasteiger partial charge in [0.05, 0.1) is 28.4 Å². The first-order valence-corrected chi connectivity index (χ1v) is 10.3. The van der Waals surface area contributed by atoms with Crippen LogP contribution in [0, 0.1) is 0 Å². The second-order valence-electron chi connectivity index (χ2n) is 6.60. The van der Waals surface area contributed by atoms with Crippen molar-refractivity contribution in [3.8, 4) is 23.0 Å². The number of carbonyl (C=O) groups excluding carboxylic acids is 1. The van der Waals surface area contributed by atoms with Crippen molar-refractivity contribution in [2.24, 2.45) is 0 Å². The van der Waals surface area contributed by atoms with E-state index in [-0.39, 0.29) is 5.91 Å². The largest absolute Gasteiger partial charge is 0.493 e. The van der Waals surface area contributed by atoms with Crippen LogP contribution in [0.1, 0.15) is 11.1 Å². The number of nitrogens with zero attached hydrogens (tertiary/aromatic N) is 1. The number of amides is 1. The van der Waals surface area contributed by atoms with Gasteiger partial charge in [0, 0.05) is 11.4 Å². The first-order valence-electron chi connectivity index (χ1n) is 8.70. The van der Waals surface area contributed by atoms with Gasteiger partial charge in [0.25, 0.3) is 5.91 Å². The Bertz CT molecular complexity index is 999. The number of alkyl halides is 2. The van der Waals surface area contributed by atoms with Gasteiger partial charge in [-0.05, 0) is 35.4 Å². The average molecular weight is 456 g/mol. The molecule has 2 aliphatic rings. The molecule has 1 atom stereocenters. The lowest BCUT2D eigenvalue weighted by atomic mass is 9.89. The van der Waals surface area contributed by atoms with E-state index in [1.165, 1.54) is 11.8 Å². The number of benzene rings is 2. The molecule has 0 aromatic heterocycles. The summed E-state index contributed by atoms with van der Waals surface area (Å²) >= 11 is 14.6. The summed E-state index contributed by atoms with van der Waals surface area (Å²) in [4.78, 5) is 14.4. The van der Waals surface area contributed by atoms with Gasteiger partial charge in [-0.3, -0.25) is 4.79 Å². The monoisotopic (exact) mass is 455 g/mol. The zero-order valence-corrected chi connectivity index (χ0v) is 18.6. The smallest absolute Gasteiger partial charge is 0.264 e. The van der Waals surface area contributed by atoms with Crippen LogP contribution in [-0.4, -0.2) is 43.6 Å². The molecule has 1 unspecified atom stereocenters. The number of carbonyl (C=O) groups is 1. The minimum Gasteiger partial charge on any atom is -0.493 e. The van der Waals surface area contributed by atoms with Gasteiger partial charge in [-0.25, -0.2) is 0 Å². The molecular formula is C20H19Cl2NO5S. The number of methoxy groups -OCH3 is 4. The van der Waals surface area contributed by atoms with Crippen LogP contribution in [0.5, 0.6) is 23.0 Å². The van der Waals surface area contributed by atoms with E-state index in [1.54, 1.807) is 45.5 Å². The Kier molecular flexibility index (Phi) is 4.96. The maximum atomic E-state index is 12.8. The van der Waals surface area contributed by atoms with Crippen LogP contribution in [0.2, 0.25) is 0 Å². The lowest BCUT2D eigenvalue weighted by molar-refractivity contribution is -0.153. The molecule has 9 heteroatoms. The standard InChI is InChI=1S/C20H19Cl2NO5S/c1-25-13-6-5-12(8-15(13)27-3)20-19(21,22)18(24)23(20)10-11-7-14(26-2)16(28-4)9-17(11)29-20/h5-9H,10H2,1-4H3. The molecule has 6 nitrogen and oxygen atoms in total. The fourth-order valence-corrected chi connectivity index (χ4v) is 6.08. The van der Waals surface area contributed by atoms with Crippen molar-refractivity contribution in [2.75, 3.05) is 28.4 Å². The predicted molar refractivity (Wildman–Crippen MR) is 112 cm³/mol. The summed E-state index contributed by atoms with van der Waals surface area (Å²) < 4.78 is 20.0. The maximum absolute atomic E-state index is 12.8. The van der Waals surface area contributed by atoms with Gasteiger partial charge in [-0.15, -0.1) is 0 Å². The van der Waals surface area contributed by atoms with Crippen LogP contribution in [0.4, 0.5) is 0 Å². The zero-order valence-electron chi connectivity index (χ0n) is 16.2. The fraction of sp³-hybridized carbons (Fsp3) is 0.350. The highest BCUT2D eigenvalue weighted by atomic mass is 35.5. The highest BCUT2D eigenvalue weighted by Crippen LogP contribution is 2.67. The molecule has 2 aromatic rings. The molecule has 0 N–H and O–H groups in total. The number of thioether (sulfide) groups is 1. The van der Waals surface area contributed by atoms with Gasteiger partial charge in [0.1, 0.15) is 0 Å². The van der Waals surface area contributed by atoms with E-state index in [1.807, 2.05) is 18.2 Å². The predicted octanol–water partition coefficient (Wildman–Crippen LogP) is 4.20. The summed E-state index contributed by atoms with van der Waals surface area (Å²) in [5.41, 5.74) is 1.67. The Hall–Kier alpha value is -1.96. The lowest BCUT2D eigenvalue weighted by Gasteiger charge is -2.61. The second kappa shape index (κ2) is 7.07.